The van der Waals surface area contributed by atoms with Gasteiger partial charge in [0.2, 0.25) is 0 Å². The van der Waals surface area contributed by atoms with Crippen molar-refractivity contribution >= 4 is 93.0 Å². The van der Waals surface area contributed by atoms with Gasteiger partial charge in [-0.25, -0.2) is 0 Å². The normalized spacial score (nSPS) is 33.9. The predicted octanol–water partition coefficient (Wildman–Crippen LogP) is 3.69. The second-order valence-electron chi connectivity index (χ2n) is 6.81. The zero-order chi connectivity index (χ0) is 22.4. The first-order valence-corrected chi connectivity index (χ1v) is 10.3. The van der Waals surface area contributed by atoms with Crippen molar-refractivity contribution in [1.29, 1.82) is 0 Å². The minimum absolute atomic E-state index is 0.278. The quantitative estimate of drug-likeness (QED) is 0.276. The number of hydrazine groups is 1. The Morgan fingerprint density at radius 1 is 1.00 bits per heavy atom. The summed E-state index contributed by atoms with van der Waals surface area (Å²) in [6, 6.07) is 4.99. The summed E-state index contributed by atoms with van der Waals surface area (Å²) < 4.78 is -2.10. The van der Waals surface area contributed by atoms with Gasteiger partial charge < -0.3 is 0 Å². The molecule has 1 heterocycles. The number of hydrogen-bond donors (Lipinski definition) is 1. The summed E-state index contributed by atoms with van der Waals surface area (Å²) in [5.74, 6) is -5.90. The lowest BCUT2D eigenvalue weighted by atomic mass is 9.84. The molecular weight excluding hydrogens is 527 g/mol. The molecular formula is C16H7Cl6N3O5. The minimum atomic E-state index is -2.10. The van der Waals surface area contributed by atoms with Crippen LogP contribution >= 0.6 is 69.6 Å². The highest BCUT2D eigenvalue weighted by atomic mass is 35.5. The Morgan fingerprint density at radius 3 is 1.93 bits per heavy atom. The SMILES string of the molecule is O=C(NN1C(=O)[C@H]2[C@H](C1=O)[C@@]1(Cl)C(Cl)=C(Cl)[C@@]2(Cl)C1(Cl)Cl)c1ccccc1[N+](=O)[O-]. The van der Waals surface area contributed by atoms with Crippen LogP contribution in [0.1, 0.15) is 10.4 Å². The van der Waals surface area contributed by atoms with Crippen LogP contribution in [-0.2, 0) is 9.59 Å². The predicted molar refractivity (Wildman–Crippen MR) is 110 cm³/mol. The summed E-state index contributed by atoms with van der Waals surface area (Å²) in [5, 5.41) is 11.0. The summed E-state index contributed by atoms with van der Waals surface area (Å²) in [6.07, 6.45) is 0. The molecule has 1 saturated carbocycles. The Labute approximate surface area is 198 Å². The van der Waals surface area contributed by atoms with E-state index in [0.717, 1.165) is 12.1 Å². The number of nitro benzene ring substituents is 1. The highest BCUT2D eigenvalue weighted by molar-refractivity contribution is 6.66. The van der Waals surface area contributed by atoms with Gasteiger partial charge in [0.15, 0.2) is 4.33 Å². The number of carbonyl (C=O) groups excluding carboxylic acids is 3. The van der Waals surface area contributed by atoms with Crippen molar-refractivity contribution in [1.82, 2.24) is 10.4 Å². The van der Waals surface area contributed by atoms with Crippen molar-refractivity contribution in [2.24, 2.45) is 11.8 Å². The fourth-order valence-corrected chi connectivity index (χ4v) is 7.02. The third-order valence-electron chi connectivity index (χ3n) is 5.47. The molecule has 1 aromatic rings. The summed E-state index contributed by atoms with van der Waals surface area (Å²) in [7, 11) is 0. The molecule has 4 rings (SSSR count). The van der Waals surface area contributed by atoms with Crippen LogP contribution in [0.4, 0.5) is 5.69 Å². The smallest absolute Gasteiger partial charge is 0.272 e. The number of nitrogens with zero attached hydrogens (tertiary/aromatic N) is 2. The third kappa shape index (κ3) is 2.29. The number of carbonyl (C=O) groups is 3. The van der Waals surface area contributed by atoms with Crippen LogP contribution in [0.2, 0.25) is 0 Å². The third-order valence-corrected chi connectivity index (χ3v) is 9.73. The van der Waals surface area contributed by atoms with Crippen LogP contribution in [0, 0.1) is 22.0 Å². The molecule has 0 radical (unpaired) electrons. The molecule has 8 nitrogen and oxygen atoms in total. The highest BCUT2D eigenvalue weighted by Gasteiger charge is 2.87. The average molecular weight is 534 g/mol. The number of para-hydroxylation sites is 1. The molecule has 1 saturated heterocycles. The Hall–Kier alpha value is -1.29. The standard InChI is InChI=1S/C16H7Cl6N3O5/c17-9-10(18)15(20)8-7(14(9,19)16(15,21)22)12(27)24(13(8)28)23-11(26)5-3-1-2-4-6(5)25(29)30/h1-4,7-8H,(H,23,26)/t7-,8-,14-,15-/m1/s1. The molecule has 14 heteroatoms. The van der Waals surface area contributed by atoms with E-state index >= 15 is 0 Å². The number of hydrogen-bond acceptors (Lipinski definition) is 5. The first-order chi connectivity index (χ1) is 13.8. The van der Waals surface area contributed by atoms with E-state index in [9.17, 15) is 24.5 Å². The van der Waals surface area contributed by atoms with E-state index in [1.807, 2.05) is 0 Å². The molecule has 1 aromatic carbocycles. The molecule has 2 bridgehead atoms. The molecule has 2 fully saturated rings. The topological polar surface area (TPSA) is 110 Å². The van der Waals surface area contributed by atoms with Gasteiger partial charge in [-0.2, -0.15) is 5.01 Å². The molecule has 3 amide bonds. The van der Waals surface area contributed by atoms with Gasteiger partial charge in [-0.15, -0.1) is 23.2 Å². The number of imide groups is 1. The molecule has 30 heavy (non-hydrogen) atoms. The second kappa shape index (κ2) is 6.60. The maximum Gasteiger partial charge on any atom is 0.282 e. The molecule has 0 aromatic heterocycles. The number of nitrogens with one attached hydrogen (secondary N) is 1. The van der Waals surface area contributed by atoms with E-state index in [2.05, 4.69) is 5.43 Å². The van der Waals surface area contributed by atoms with Crippen molar-refractivity contribution in [3.8, 4) is 0 Å². The van der Waals surface area contributed by atoms with Gasteiger partial charge in [0.1, 0.15) is 15.3 Å². The Morgan fingerprint density at radius 2 is 1.47 bits per heavy atom. The lowest BCUT2D eigenvalue weighted by Gasteiger charge is -2.34. The molecule has 0 unspecified atom stereocenters. The monoisotopic (exact) mass is 531 g/mol. The molecule has 4 atom stereocenters. The van der Waals surface area contributed by atoms with Crippen molar-refractivity contribution in [3.05, 3.63) is 50.0 Å². The lowest BCUT2D eigenvalue weighted by Crippen LogP contribution is -2.54. The minimum Gasteiger partial charge on any atom is -0.272 e. The van der Waals surface area contributed by atoms with E-state index < -0.39 is 54.2 Å². The van der Waals surface area contributed by atoms with E-state index in [1.54, 1.807) is 0 Å². The molecule has 0 spiro atoms. The summed E-state index contributed by atoms with van der Waals surface area (Å²) in [6.45, 7) is 0. The van der Waals surface area contributed by atoms with Gasteiger partial charge in [-0.05, 0) is 6.07 Å². The van der Waals surface area contributed by atoms with Gasteiger partial charge in [0, 0.05) is 6.07 Å². The van der Waals surface area contributed by atoms with Crippen LogP contribution in [-0.4, -0.2) is 41.7 Å². The van der Waals surface area contributed by atoms with Crippen molar-refractivity contribution in [2.45, 2.75) is 14.1 Å². The van der Waals surface area contributed by atoms with Crippen LogP contribution in [0.3, 0.4) is 0 Å². The molecule has 2 aliphatic carbocycles. The number of alkyl halides is 4. The molecule has 1 aliphatic heterocycles. The number of allylic oxidation sites excluding steroid dienone is 2. The fourth-order valence-electron chi connectivity index (χ4n) is 4.09. The van der Waals surface area contributed by atoms with E-state index in [1.165, 1.54) is 12.1 Å². The Balaban J connectivity index is 1.73. The maximum absolute atomic E-state index is 13.0. The number of halogens is 6. The number of amides is 3. The van der Waals surface area contributed by atoms with Gasteiger partial charge in [0.05, 0.1) is 26.8 Å². The van der Waals surface area contributed by atoms with E-state index in [0.29, 0.717) is 5.01 Å². The average Bonchev–Trinajstić information content (AvgIpc) is 3.06. The second-order valence-corrected chi connectivity index (χ2v) is 10.1. The number of nitro groups is 1. The van der Waals surface area contributed by atoms with E-state index in [4.69, 9.17) is 69.6 Å². The Bertz CT molecular complexity index is 1050. The number of benzene rings is 1. The summed E-state index contributed by atoms with van der Waals surface area (Å²) in [4.78, 5) is 45.0. The fraction of sp³-hybridized carbons (Fsp3) is 0.312. The van der Waals surface area contributed by atoms with Gasteiger partial charge >= 0.3 is 0 Å². The van der Waals surface area contributed by atoms with Crippen LogP contribution in [0.25, 0.3) is 0 Å². The Kier molecular flexibility index (Phi) is 4.83. The maximum atomic E-state index is 13.0. The summed E-state index contributed by atoms with van der Waals surface area (Å²) in [5.41, 5.74) is 1.17. The van der Waals surface area contributed by atoms with Crippen LogP contribution in [0.5, 0.6) is 0 Å². The first-order valence-electron chi connectivity index (χ1n) is 8.07. The van der Waals surface area contributed by atoms with E-state index in [-0.39, 0.29) is 15.6 Å². The largest absolute Gasteiger partial charge is 0.282 e. The number of fused-ring (bicyclic) bond motifs is 5. The van der Waals surface area contributed by atoms with Gasteiger partial charge in [-0.1, -0.05) is 58.5 Å². The van der Waals surface area contributed by atoms with Gasteiger partial charge in [-0.3, -0.25) is 29.9 Å². The first kappa shape index (κ1) is 21.9. The summed E-state index contributed by atoms with van der Waals surface area (Å²) >= 11 is 38.1. The lowest BCUT2D eigenvalue weighted by molar-refractivity contribution is -0.385. The van der Waals surface area contributed by atoms with Gasteiger partial charge in [0.25, 0.3) is 23.4 Å². The van der Waals surface area contributed by atoms with Crippen molar-refractivity contribution < 1.29 is 19.3 Å². The molecule has 1 N–H and O–H groups in total. The zero-order valence-corrected chi connectivity index (χ0v) is 18.7. The molecule has 3 aliphatic rings. The van der Waals surface area contributed by atoms with Crippen LogP contribution < -0.4 is 5.43 Å². The van der Waals surface area contributed by atoms with Crippen molar-refractivity contribution in [3.63, 3.8) is 0 Å². The number of rotatable bonds is 3. The zero-order valence-electron chi connectivity index (χ0n) is 14.2. The van der Waals surface area contributed by atoms with Crippen LogP contribution in [0.15, 0.2) is 34.3 Å². The van der Waals surface area contributed by atoms with Crippen molar-refractivity contribution in [2.75, 3.05) is 0 Å². The molecule has 158 valence electrons. The highest BCUT2D eigenvalue weighted by Crippen LogP contribution is 2.77.